The van der Waals surface area contributed by atoms with Gasteiger partial charge >= 0.3 is 5.97 Å². The van der Waals surface area contributed by atoms with E-state index in [4.69, 9.17) is 9.47 Å². The van der Waals surface area contributed by atoms with Crippen LogP contribution in [0.4, 0.5) is 0 Å². The maximum atomic E-state index is 11.7. The zero-order valence-electron chi connectivity index (χ0n) is 12.0. The minimum atomic E-state index is -0.405. The summed E-state index contributed by atoms with van der Waals surface area (Å²) < 4.78 is 10.7. The second kappa shape index (κ2) is 7.29. The van der Waals surface area contributed by atoms with E-state index in [1.807, 2.05) is 48.5 Å². The molecule has 0 saturated heterocycles. The van der Waals surface area contributed by atoms with E-state index in [-0.39, 0.29) is 0 Å². The topological polar surface area (TPSA) is 35.5 Å². The van der Waals surface area contributed by atoms with E-state index >= 15 is 0 Å². The van der Waals surface area contributed by atoms with E-state index in [2.05, 4.69) is 6.58 Å². The van der Waals surface area contributed by atoms with Gasteiger partial charge in [-0.15, -0.1) is 0 Å². The molecule has 0 amide bonds. The first-order valence-electron chi connectivity index (χ1n) is 6.84. The van der Waals surface area contributed by atoms with E-state index in [1.54, 1.807) is 13.0 Å². The van der Waals surface area contributed by atoms with E-state index in [0.717, 1.165) is 5.56 Å². The molecule has 0 atom stereocenters. The van der Waals surface area contributed by atoms with Gasteiger partial charge in [0.15, 0.2) is 0 Å². The Morgan fingerprint density at radius 1 is 1.10 bits per heavy atom. The van der Waals surface area contributed by atoms with E-state index < -0.39 is 5.97 Å². The quantitative estimate of drug-likeness (QED) is 0.596. The van der Waals surface area contributed by atoms with Crippen LogP contribution in [0.5, 0.6) is 5.75 Å². The van der Waals surface area contributed by atoms with Crippen molar-refractivity contribution >= 4 is 11.5 Å². The third-order valence-electron chi connectivity index (χ3n) is 2.95. The predicted octanol–water partition coefficient (Wildman–Crippen LogP) is 3.84. The Labute approximate surface area is 124 Å². The summed E-state index contributed by atoms with van der Waals surface area (Å²) in [5, 5.41) is 0. The third-order valence-corrected chi connectivity index (χ3v) is 2.95. The average molecular weight is 282 g/mol. The zero-order valence-corrected chi connectivity index (χ0v) is 12.0. The number of hydrogen-bond donors (Lipinski definition) is 0. The summed E-state index contributed by atoms with van der Waals surface area (Å²) in [4.78, 5) is 11.7. The summed E-state index contributed by atoms with van der Waals surface area (Å²) in [5.41, 5.74) is 2.13. The minimum absolute atomic E-state index is 0.335. The molecule has 3 heteroatoms. The smallest absolute Gasteiger partial charge is 0.338 e. The molecule has 0 saturated carbocycles. The van der Waals surface area contributed by atoms with Crippen LogP contribution >= 0.6 is 0 Å². The molecule has 0 fully saturated rings. The van der Waals surface area contributed by atoms with E-state index in [1.165, 1.54) is 0 Å². The Morgan fingerprint density at radius 2 is 1.86 bits per heavy atom. The zero-order chi connectivity index (χ0) is 15.1. The lowest BCUT2D eigenvalue weighted by atomic mass is 10.1. The van der Waals surface area contributed by atoms with Gasteiger partial charge in [0.25, 0.3) is 0 Å². The van der Waals surface area contributed by atoms with Gasteiger partial charge in [-0.3, -0.25) is 0 Å². The predicted molar refractivity (Wildman–Crippen MR) is 82.9 cm³/mol. The molecule has 2 aromatic carbocycles. The number of hydrogen-bond acceptors (Lipinski definition) is 3. The number of benzene rings is 2. The molecule has 2 rings (SSSR count). The fourth-order valence-corrected chi connectivity index (χ4v) is 1.85. The molecular formula is C18H18O3. The molecule has 0 aliphatic carbocycles. The SMILES string of the molecule is C=C(C(=O)OCC)c1cccc(OCc2ccccc2)c1. The lowest BCUT2D eigenvalue weighted by Gasteiger charge is -2.09. The Bertz CT molecular complexity index is 617. The first-order valence-corrected chi connectivity index (χ1v) is 6.84. The van der Waals surface area contributed by atoms with Crippen molar-refractivity contribution in [3.8, 4) is 5.75 Å². The van der Waals surface area contributed by atoms with Gasteiger partial charge in [-0.1, -0.05) is 49.0 Å². The van der Waals surface area contributed by atoms with Gasteiger partial charge in [-0.25, -0.2) is 4.79 Å². The standard InChI is InChI=1S/C18H18O3/c1-3-20-18(19)14(2)16-10-7-11-17(12-16)21-13-15-8-5-4-6-9-15/h4-12H,2-3,13H2,1H3. The molecule has 0 aromatic heterocycles. The van der Waals surface area contributed by atoms with Crippen LogP contribution < -0.4 is 4.74 Å². The molecule has 0 aliphatic rings. The molecule has 108 valence electrons. The first-order chi connectivity index (χ1) is 10.2. The van der Waals surface area contributed by atoms with Gasteiger partial charge in [-0.2, -0.15) is 0 Å². The van der Waals surface area contributed by atoms with Gasteiger partial charge < -0.3 is 9.47 Å². The van der Waals surface area contributed by atoms with Crippen molar-refractivity contribution in [3.63, 3.8) is 0 Å². The fraction of sp³-hybridized carbons (Fsp3) is 0.167. The molecule has 0 N–H and O–H groups in total. The van der Waals surface area contributed by atoms with Crippen LogP contribution in [0, 0.1) is 0 Å². The molecule has 0 aliphatic heterocycles. The summed E-state index contributed by atoms with van der Waals surface area (Å²) in [5.74, 6) is 0.291. The highest BCUT2D eigenvalue weighted by Gasteiger charge is 2.10. The lowest BCUT2D eigenvalue weighted by Crippen LogP contribution is -2.06. The largest absolute Gasteiger partial charge is 0.489 e. The van der Waals surface area contributed by atoms with Crippen LogP contribution in [-0.2, 0) is 16.1 Å². The number of carbonyl (C=O) groups excluding carboxylic acids is 1. The summed E-state index contributed by atoms with van der Waals surface area (Å²) in [6, 6.07) is 17.2. The van der Waals surface area contributed by atoms with Crippen LogP contribution in [-0.4, -0.2) is 12.6 Å². The molecule has 21 heavy (non-hydrogen) atoms. The van der Waals surface area contributed by atoms with Crippen LogP contribution in [0.2, 0.25) is 0 Å². The maximum absolute atomic E-state index is 11.7. The van der Waals surface area contributed by atoms with Crippen molar-refractivity contribution in [1.29, 1.82) is 0 Å². The van der Waals surface area contributed by atoms with Crippen molar-refractivity contribution in [3.05, 3.63) is 72.3 Å². The molecule has 0 heterocycles. The van der Waals surface area contributed by atoms with Gasteiger partial charge in [0.05, 0.1) is 12.2 Å². The molecule has 0 spiro atoms. The Hall–Kier alpha value is -2.55. The van der Waals surface area contributed by atoms with Crippen LogP contribution in [0.15, 0.2) is 61.2 Å². The highest BCUT2D eigenvalue weighted by Crippen LogP contribution is 2.21. The molecular weight excluding hydrogens is 264 g/mol. The number of ether oxygens (including phenoxy) is 2. The second-order valence-electron chi connectivity index (χ2n) is 4.50. The van der Waals surface area contributed by atoms with E-state index in [9.17, 15) is 4.79 Å². The molecule has 3 nitrogen and oxygen atoms in total. The number of carbonyl (C=O) groups is 1. The third kappa shape index (κ3) is 4.21. The highest BCUT2D eigenvalue weighted by molar-refractivity contribution is 6.15. The van der Waals surface area contributed by atoms with Gasteiger partial charge in [-0.05, 0) is 30.2 Å². The van der Waals surface area contributed by atoms with Crippen molar-refractivity contribution < 1.29 is 14.3 Å². The Morgan fingerprint density at radius 3 is 2.57 bits per heavy atom. The minimum Gasteiger partial charge on any atom is -0.489 e. The molecule has 0 bridgehead atoms. The molecule has 0 unspecified atom stereocenters. The number of esters is 1. The summed E-state index contributed by atoms with van der Waals surface area (Å²) >= 11 is 0. The second-order valence-corrected chi connectivity index (χ2v) is 4.50. The van der Waals surface area contributed by atoms with Crippen molar-refractivity contribution in [2.24, 2.45) is 0 Å². The lowest BCUT2D eigenvalue weighted by molar-refractivity contribution is -0.136. The van der Waals surface area contributed by atoms with Crippen molar-refractivity contribution in [1.82, 2.24) is 0 Å². The van der Waals surface area contributed by atoms with Crippen LogP contribution in [0.3, 0.4) is 0 Å². The van der Waals surface area contributed by atoms with Gasteiger partial charge in [0.1, 0.15) is 12.4 Å². The summed E-state index contributed by atoms with van der Waals surface area (Å²) in [6.45, 7) is 6.36. The Kier molecular flexibility index (Phi) is 5.16. The first kappa shape index (κ1) is 14.9. The highest BCUT2D eigenvalue weighted by atomic mass is 16.5. The number of rotatable bonds is 6. The van der Waals surface area contributed by atoms with Crippen molar-refractivity contribution in [2.75, 3.05) is 6.61 Å². The van der Waals surface area contributed by atoms with Crippen molar-refractivity contribution in [2.45, 2.75) is 13.5 Å². The maximum Gasteiger partial charge on any atom is 0.338 e. The fourth-order valence-electron chi connectivity index (χ4n) is 1.85. The van der Waals surface area contributed by atoms with Crippen LogP contribution in [0.25, 0.3) is 5.57 Å². The van der Waals surface area contributed by atoms with Gasteiger partial charge in [0.2, 0.25) is 0 Å². The van der Waals surface area contributed by atoms with Crippen LogP contribution in [0.1, 0.15) is 18.1 Å². The molecule has 0 radical (unpaired) electrons. The summed E-state index contributed by atoms with van der Waals surface area (Å²) in [7, 11) is 0. The van der Waals surface area contributed by atoms with E-state index in [0.29, 0.717) is 30.1 Å². The Balaban J connectivity index is 2.04. The van der Waals surface area contributed by atoms with Gasteiger partial charge in [0, 0.05) is 0 Å². The molecule has 2 aromatic rings. The normalized spacial score (nSPS) is 9.95. The average Bonchev–Trinajstić information content (AvgIpc) is 2.54. The summed E-state index contributed by atoms with van der Waals surface area (Å²) in [6.07, 6.45) is 0. The monoisotopic (exact) mass is 282 g/mol.